The number of ether oxygens (including phenoxy) is 2. The molecule has 40 heavy (non-hydrogen) atoms. The van der Waals surface area contributed by atoms with Crippen molar-refractivity contribution in [1.29, 1.82) is 0 Å². The average Bonchev–Trinajstić information content (AvgIpc) is 3.33. The number of methoxy groups -OCH3 is 2. The summed E-state index contributed by atoms with van der Waals surface area (Å²) < 4.78 is 51.1. The number of nitrogens with zero attached hydrogens (tertiary/aromatic N) is 3. The molecule has 12 heteroatoms. The van der Waals surface area contributed by atoms with Gasteiger partial charge in [-0.3, -0.25) is 9.48 Å². The van der Waals surface area contributed by atoms with Crippen molar-refractivity contribution in [2.75, 3.05) is 14.2 Å². The van der Waals surface area contributed by atoms with Crippen LogP contribution in [-0.2, 0) is 31.0 Å². The van der Waals surface area contributed by atoms with Gasteiger partial charge in [0.1, 0.15) is 22.8 Å². The minimum atomic E-state index is -2.79. The largest absolute Gasteiger partial charge is 0.496 e. The molecule has 0 bridgehead atoms. The van der Waals surface area contributed by atoms with Crippen LogP contribution in [0.3, 0.4) is 0 Å². The Morgan fingerprint density at radius 2 is 1.73 bits per heavy atom. The van der Waals surface area contributed by atoms with Gasteiger partial charge in [0.15, 0.2) is 0 Å². The fourth-order valence-corrected chi connectivity index (χ4v) is 3.93. The summed E-state index contributed by atoms with van der Waals surface area (Å²) in [6.45, 7) is 0.834. The molecule has 0 amide bonds. The van der Waals surface area contributed by atoms with Crippen LogP contribution in [0.25, 0.3) is 0 Å². The molecule has 0 unspecified atom stereocenters. The maximum atomic E-state index is 13.1. The molecule has 0 aliphatic heterocycles. The van der Waals surface area contributed by atoms with Crippen LogP contribution in [0.15, 0.2) is 71.8 Å². The van der Waals surface area contributed by atoms with E-state index in [0.717, 1.165) is 23.3 Å². The van der Waals surface area contributed by atoms with Crippen LogP contribution in [0, 0.1) is 5.82 Å². The fraction of sp³-hybridized carbons (Fsp3) is 0.250. The number of pyridine rings is 1. The molecule has 0 aliphatic carbocycles. The lowest BCUT2D eigenvalue weighted by Crippen LogP contribution is -2.18. The number of halogens is 3. The van der Waals surface area contributed by atoms with Gasteiger partial charge in [0, 0.05) is 37.7 Å². The van der Waals surface area contributed by atoms with Gasteiger partial charge in [0.2, 0.25) is 0 Å². The predicted molar refractivity (Wildman–Crippen MR) is 141 cm³/mol. The van der Waals surface area contributed by atoms with Crippen molar-refractivity contribution in [3.8, 4) is 5.75 Å². The molecule has 2 aromatic heterocycles. The maximum Gasteiger partial charge on any atom is 0.339 e. The summed E-state index contributed by atoms with van der Waals surface area (Å²) in [6.07, 6.45) is 0.470. The van der Waals surface area contributed by atoms with Gasteiger partial charge in [-0.25, -0.2) is 18.0 Å². The first-order valence-electron chi connectivity index (χ1n) is 12.0. The molecule has 0 saturated carbocycles. The summed E-state index contributed by atoms with van der Waals surface area (Å²) in [7, 11) is 2.75. The van der Waals surface area contributed by atoms with Crippen molar-refractivity contribution in [3.63, 3.8) is 0 Å². The quantitative estimate of drug-likeness (QED) is 0.299. The van der Waals surface area contributed by atoms with Crippen LogP contribution in [-0.4, -0.2) is 39.6 Å². The predicted octanol–water partition coefficient (Wildman–Crippen LogP) is 4.22. The van der Waals surface area contributed by atoms with Crippen LogP contribution < -0.4 is 16.0 Å². The Bertz CT molecular complexity index is 1490. The minimum absolute atomic E-state index is 0.0400. The third kappa shape index (κ3) is 7.58. The second-order valence-electron chi connectivity index (χ2n) is 8.56. The zero-order valence-electron chi connectivity index (χ0n) is 21.9. The molecule has 9 nitrogen and oxygen atoms in total. The van der Waals surface area contributed by atoms with Gasteiger partial charge in [-0.15, -0.1) is 0 Å². The Morgan fingerprint density at radius 1 is 1.05 bits per heavy atom. The molecule has 2 heterocycles. The number of carboxylic acids is 1. The van der Waals surface area contributed by atoms with E-state index in [0.29, 0.717) is 18.8 Å². The van der Waals surface area contributed by atoms with E-state index < -0.39 is 23.8 Å². The molecule has 0 fully saturated rings. The van der Waals surface area contributed by atoms with E-state index in [1.54, 1.807) is 21.5 Å². The van der Waals surface area contributed by atoms with Gasteiger partial charge in [-0.1, -0.05) is 30.3 Å². The Hall–Kier alpha value is -4.42. The summed E-state index contributed by atoms with van der Waals surface area (Å²) >= 11 is 0. The van der Waals surface area contributed by atoms with E-state index in [-0.39, 0.29) is 35.6 Å². The third-order valence-electron chi connectivity index (χ3n) is 5.87. The standard InChI is InChI=1S/C19H19N3O4.C9H10F3NO/c1-26-13-17-16(19(24)25)12-22(20-17)11-15-7-5-14(6-8-15)10-21-9-3-2-4-18(21)23;1-14-7-3-2-6(10)5(4-13)8(7)9(11)12/h2-9,12H,10-11,13H2,1H3,(H,24,25);2-3,9H,4,13H2,1H3. The highest BCUT2D eigenvalue weighted by Crippen LogP contribution is 2.33. The number of hydrogen-bond donors (Lipinski definition) is 2. The normalized spacial score (nSPS) is 10.8. The molecule has 2 aromatic carbocycles. The topological polar surface area (TPSA) is 122 Å². The molecule has 0 aliphatic rings. The van der Waals surface area contributed by atoms with Gasteiger partial charge >= 0.3 is 5.97 Å². The van der Waals surface area contributed by atoms with E-state index in [1.807, 2.05) is 30.3 Å². The van der Waals surface area contributed by atoms with Crippen LogP contribution in [0.4, 0.5) is 13.2 Å². The Labute approximate surface area is 228 Å². The van der Waals surface area contributed by atoms with Crippen molar-refractivity contribution >= 4 is 5.97 Å². The highest BCUT2D eigenvalue weighted by Gasteiger charge is 2.21. The van der Waals surface area contributed by atoms with Crippen molar-refractivity contribution < 1.29 is 32.5 Å². The number of hydrogen-bond acceptors (Lipinski definition) is 6. The first kappa shape index (κ1) is 30.1. The molecule has 4 rings (SSSR count). The Morgan fingerprint density at radius 3 is 2.27 bits per heavy atom. The summed E-state index contributed by atoms with van der Waals surface area (Å²) in [4.78, 5) is 23.0. The molecular formula is C28H29F3N4O5. The molecule has 4 aromatic rings. The van der Waals surface area contributed by atoms with E-state index in [2.05, 4.69) is 5.10 Å². The highest BCUT2D eigenvalue weighted by atomic mass is 19.3. The number of alkyl halides is 2. The van der Waals surface area contributed by atoms with Crippen molar-refractivity contribution in [2.24, 2.45) is 5.73 Å². The van der Waals surface area contributed by atoms with E-state index >= 15 is 0 Å². The lowest BCUT2D eigenvalue weighted by molar-refractivity contribution is 0.0691. The Balaban J connectivity index is 0.000000267. The number of carboxylic acid groups (broad SMARTS) is 1. The first-order valence-corrected chi connectivity index (χ1v) is 12.0. The molecule has 0 radical (unpaired) electrons. The number of benzene rings is 2. The van der Waals surface area contributed by atoms with Gasteiger partial charge < -0.3 is 24.9 Å². The van der Waals surface area contributed by atoms with Gasteiger partial charge in [-0.05, 0) is 29.3 Å². The second kappa shape index (κ2) is 14.1. The lowest BCUT2D eigenvalue weighted by Gasteiger charge is -2.12. The number of rotatable bonds is 10. The molecule has 0 atom stereocenters. The van der Waals surface area contributed by atoms with Gasteiger partial charge in [0.05, 0.1) is 32.4 Å². The number of carbonyl (C=O) groups is 1. The highest BCUT2D eigenvalue weighted by molar-refractivity contribution is 5.88. The molecule has 3 N–H and O–H groups in total. The summed E-state index contributed by atoms with van der Waals surface area (Å²) in [5.74, 6) is -1.79. The first-order chi connectivity index (χ1) is 19.2. The van der Waals surface area contributed by atoms with Crippen LogP contribution in [0.1, 0.15) is 44.7 Å². The molecule has 0 spiro atoms. The minimum Gasteiger partial charge on any atom is -0.496 e. The van der Waals surface area contributed by atoms with Crippen LogP contribution in [0.2, 0.25) is 0 Å². The number of aromatic carboxylic acids is 1. The summed E-state index contributed by atoms with van der Waals surface area (Å²) in [6, 6.07) is 15.1. The monoisotopic (exact) mass is 558 g/mol. The molecular weight excluding hydrogens is 529 g/mol. The second-order valence-corrected chi connectivity index (χ2v) is 8.56. The van der Waals surface area contributed by atoms with Crippen LogP contribution >= 0.6 is 0 Å². The smallest absolute Gasteiger partial charge is 0.339 e. The van der Waals surface area contributed by atoms with Crippen molar-refractivity contribution in [1.82, 2.24) is 14.3 Å². The molecule has 212 valence electrons. The van der Waals surface area contributed by atoms with Crippen molar-refractivity contribution in [3.05, 3.63) is 117 Å². The molecule has 0 saturated heterocycles. The Kier molecular flexibility index (Phi) is 10.6. The lowest BCUT2D eigenvalue weighted by atomic mass is 10.1. The number of nitrogens with two attached hydrogens (primary N) is 1. The zero-order chi connectivity index (χ0) is 29.2. The maximum absolute atomic E-state index is 13.1. The van der Waals surface area contributed by atoms with Crippen molar-refractivity contribution in [2.45, 2.75) is 32.7 Å². The summed E-state index contributed by atoms with van der Waals surface area (Å²) in [5, 5.41) is 13.5. The van der Waals surface area contributed by atoms with Gasteiger partial charge in [0.25, 0.3) is 12.0 Å². The van der Waals surface area contributed by atoms with E-state index in [4.69, 9.17) is 15.2 Å². The van der Waals surface area contributed by atoms with Crippen LogP contribution in [0.5, 0.6) is 5.75 Å². The fourth-order valence-electron chi connectivity index (χ4n) is 3.93. The van der Waals surface area contributed by atoms with E-state index in [9.17, 15) is 27.9 Å². The van der Waals surface area contributed by atoms with Gasteiger partial charge in [-0.2, -0.15) is 5.10 Å². The third-order valence-corrected chi connectivity index (χ3v) is 5.87. The summed E-state index contributed by atoms with van der Waals surface area (Å²) in [5.41, 5.74) is 7.02. The number of aromatic nitrogens is 3. The SMILES string of the molecule is COCc1nn(Cc2ccc(Cn3ccccc3=O)cc2)cc1C(=O)O.COc1ccc(F)c(CN)c1C(F)F. The zero-order valence-corrected chi connectivity index (χ0v) is 21.9. The van der Waals surface area contributed by atoms with E-state index in [1.165, 1.54) is 26.5 Å². The average molecular weight is 559 g/mol.